The Morgan fingerprint density at radius 2 is 2.22 bits per heavy atom. The van der Waals surface area contributed by atoms with Gasteiger partial charge >= 0.3 is 0 Å². The van der Waals surface area contributed by atoms with Gasteiger partial charge in [-0.05, 0) is 18.8 Å². The standard InChI is InChI=1S/C7H9BrO/c8-5-1-4-2-7(9)6(4)3-5/h4-6H,1-3H2/t4-,5?,6-/m1/s1. The van der Waals surface area contributed by atoms with Crippen molar-refractivity contribution in [3.05, 3.63) is 0 Å². The van der Waals surface area contributed by atoms with E-state index in [1.54, 1.807) is 0 Å². The zero-order chi connectivity index (χ0) is 6.43. The molecule has 3 atom stereocenters. The van der Waals surface area contributed by atoms with Crippen molar-refractivity contribution in [2.24, 2.45) is 11.8 Å². The van der Waals surface area contributed by atoms with E-state index in [0.717, 1.165) is 18.8 Å². The summed E-state index contributed by atoms with van der Waals surface area (Å²) in [6.07, 6.45) is 3.20. The molecule has 2 fully saturated rings. The number of hydrogen-bond donors (Lipinski definition) is 0. The maximum absolute atomic E-state index is 10.8. The molecule has 2 heteroatoms. The number of alkyl halides is 1. The smallest absolute Gasteiger partial charge is 0.136 e. The van der Waals surface area contributed by atoms with Crippen LogP contribution in [0.1, 0.15) is 19.3 Å². The molecule has 9 heavy (non-hydrogen) atoms. The van der Waals surface area contributed by atoms with E-state index in [1.165, 1.54) is 6.42 Å². The van der Waals surface area contributed by atoms with Crippen molar-refractivity contribution in [2.45, 2.75) is 24.1 Å². The molecule has 50 valence electrons. The van der Waals surface area contributed by atoms with Crippen LogP contribution in [0.25, 0.3) is 0 Å². The fraction of sp³-hybridized carbons (Fsp3) is 0.857. The summed E-state index contributed by atoms with van der Waals surface area (Å²) in [7, 11) is 0. The Bertz CT molecular complexity index is 155. The van der Waals surface area contributed by atoms with E-state index in [0.29, 0.717) is 16.5 Å². The van der Waals surface area contributed by atoms with E-state index in [4.69, 9.17) is 0 Å². The summed E-state index contributed by atoms with van der Waals surface area (Å²) < 4.78 is 0. The highest BCUT2D eigenvalue weighted by molar-refractivity contribution is 9.09. The summed E-state index contributed by atoms with van der Waals surface area (Å²) >= 11 is 3.53. The second kappa shape index (κ2) is 1.82. The quantitative estimate of drug-likeness (QED) is 0.530. The molecule has 0 radical (unpaired) electrons. The topological polar surface area (TPSA) is 17.1 Å². The molecule has 1 nitrogen and oxygen atoms in total. The average Bonchev–Trinajstić information content (AvgIpc) is 2.08. The van der Waals surface area contributed by atoms with Gasteiger partial charge in [0.25, 0.3) is 0 Å². The number of carbonyl (C=O) groups is 1. The van der Waals surface area contributed by atoms with Gasteiger partial charge in [-0.1, -0.05) is 15.9 Å². The number of rotatable bonds is 0. The fourth-order valence-electron chi connectivity index (χ4n) is 1.93. The Morgan fingerprint density at radius 1 is 1.44 bits per heavy atom. The van der Waals surface area contributed by atoms with Crippen molar-refractivity contribution in [1.82, 2.24) is 0 Å². The van der Waals surface area contributed by atoms with E-state index < -0.39 is 0 Å². The highest BCUT2D eigenvalue weighted by Crippen LogP contribution is 2.46. The minimum absolute atomic E-state index is 0.453. The first kappa shape index (κ1) is 5.90. The van der Waals surface area contributed by atoms with Gasteiger partial charge in [-0.2, -0.15) is 0 Å². The highest BCUT2D eigenvalue weighted by Gasteiger charge is 2.45. The van der Waals surface area contributed by atoms with Crippen molar-refractivity contribution in [3.63, 3.8) is 0 Å². The van der Waals surface area contributed by atoms with E-state index in [-0.39, 0.29) is 0 Å². The molecule has 2 saturated carbocycles. The SMILES string of the molecule is O=C1C[C@H]2CC(Br)C[C@@H]12. The van der Waals surface area contributed by atoms with Crippen LogP contribution in [0.5, 0.6) is 0 Å². The lowest BCUT2D eigenvalue weighted by Gasteiger charge is -2.27. The first-order chi connectivity index (χ1) is 4.27. The van der Waals surface area contributed by atoms with Crippen LogP contribution in [-0.4, -0.2) is 10.6 Å². The normalized spacial score (nSPS) is 48.6. The summed E-state index contributed by atoms with van der Waals surface area (Å²) in [6, 6.07) is 0. The third kappa shape index (κ3) is 0.759. The lowest BCUT2D eigenvalue weighted by molar-refractivity contribution is -0.132. The molecule has 2 rings (SSSR count). The van der Waals surface area contributed by atoms with Crippen molar-refractivity contribution >= 4 is 21.7 Å². The Labute approximate surface area is 62.9 Å². The van der Waals surface area contributed by atoms with Gasteiger partial charge in [0.2, 0.25) is 0 Å². The largest absolute Gasteiger partial charge is 0.299 e. The summed E-state index contributed by atoms with van der Waals surface area (Å²) in [5.74, 6) is 1.71. The fourth-order valence-corrected chi connectivity index (χ4v) is 2.81. The molecule has 2 aliphatic rings. The summed E-state index contributed by atoms with van der Waals surface area (Å²) in [6.45, 7) is 0. The Morgan fingerprint density at radius 3 is 2.67 bits per heavy atom. The lowest BCUT2D eigenvalue weighted by Crippen LogP contribution is -2.32. The molecule has 0 aliphatic heterocycles. The number of hydrogen-bond acceptors (Lipinski definition) is 1. The first-order valence-corrected chi connectivity index (χ1v) is 4.35. The molecule has 0 aromatic carbocycles. The second-order valence-electron chi connectivity index (χ2n) is 3.11. The van der Waals surface area contributed by atoms with Crippen LogP contribution in [0.4, 0.5) is 0 Å². The van der Waals surface area contributed by atoms with Gasteiger partial charge in [-0.3, -0.25) is 4.79 Å². The van der Waals surface area contributed by atoms with Crippen molar-refractivity contribution < 1.29 is 4.79 Å². The maximum atomic E-state index is 10.8. The highest BCUT2D eigenvalue weighted by atomic mass is 79.9. The Balaban J connectivity index is 2.08. The predicted octanol–water partition coefficient (Wildman–Crippen LogP) is 1.75. The van der Waals surface area contributed by atoms with Gasteiger partial charge < -0.3 is 0 Å². The molecule has 0 bridgehead atoms. The van der Waals surface area contributed by atoms with Gasteiger partial charge in [0.15, 0.2) is 0 Å². The lowest BCUT2D eigenvalue weighted by atomic mass is 9.75. The van der Waals surface area contributed by atoms with Crippen LogP contribution in [-0.2, 0) is 4.79 Å². The van der Waals surface area contributed by atoms with Crippen LogP contribution < -0.4 is 0 Å². The summed E-state index contributed by atoms with van der Waals surface area (Å²) in [5, 5.41) is 0. The number of Topliss-reactive ketones (excluding diaryl/α,β-unsaturated/α-hetero) is 1. The summed E-state index contributed by atoms with van der Waals surface area (Å²) in [4.78, 5) is 11.5. The number of carbonyl (C=O) groups excluding carboxylic acids is 1. The van der Waals surface area contributed by atoms with E-state index >= 15 is 0 Å². The predicted molar refractivity (Wildman–Crippen MR) is 38.6 cm³/mol. The molecule has 1 unspecified atom stereocenters. The first-order valence-electron chi connectivity index (χ1n) is 3.44. The molecule has 0 aromatic rings. The van der Waals surface area contributed by atoms with Crippen LogP contribution in [0, 0.1) is 11.8 Å². The number of fused-ring (bicyclic) bond motifs is 1. The minimum atomic E-state index is 0.453. The molecule has 0 N–H and O–H groups in total. The van der Waals surface area contributed by atoms with E-state index in [2.05, 4.69) is 15.9 Å². The van der Waals surface area contributed by atoms with Crippen molar-refractivity contribution in [2.75, 3.05) is 0 Å². The van der Waals surface area contributed by atoms with Crippen molar-refractivity contribution in [1.29, 1.82) is 0 Å². The third-order valence-corrected chi connectivity index (χ3v) is 3.26. The van der Waals surface area contributed by atoms with Gasteiger partial charge in [0.05, 0.1) is 0 Å². The molecule has 0 spiro atoms. The van der Waals surface area contributed by atoms with E-state index in [1.807, 2.05) is 0 Å². The number of ketones is 1. The monoisotopic (exact) mass is 188 g/mol. The maximum Gasteiger partial charge on any atom is 0.136 e. The Kier molecular flexibility index (Phi) is 1.19. The van der Waals surface area contributed by atoms with Gasteiger partial charge in [0.1, 0.15) is 5.78 Å². The van der Waals surface area contributed by atoms with Crippen LogP contribution in [0.15, 0.2) is 0 Å². The van der Waals surface area contributed by atoms with Gasteiger partial charge in [0, 0.05) is 17.2 Å². The molecule has 0 aromatic heterocycles. The van der Waals surface area contributed by atoms with E-state index in [9.17, 15) is 4.79 Å². The van der Waals surface area contributed by atoms with Crippen LogP contribution >= 0.6 is 15.9 Å². The van der Waals surface area contributed by atoms with Gasteiger partial charge in [-0.25, -0.2) is 0 Å². The average molecular weight is 189 g/mol. The molecule has 0 heterocycles. The van der Waals surface area contributed by atoms with Crippen LogP contribution in [0.2, 0.25) is 0 Å². The molecular formula is C7H9BrO. The third-order valence-electron chi connectivity index (χ3n) is 2.51. The summed E-state index contributed by atoms with van der Waals surface area (Å²) in [5.41, 5.74) is 0. The number of halogens is 1. The zero-order valence-electron chi connectivity index (χ0n) is 5.14. The molecule has 2 aliphatic carbocycles. The van der Waals surface area contributed by atoms with Gasteiger partial charge in [-0.15, -0.1) is 0 Å². The molecule has 0 saturated heterocycles. The van der Waals surface area contributed by atoms with Crippen LogP contribution in [0.3, 0.4) is 0 Å². The minimum Gasteiger partial charge on any atom is -0.299 e. The zero-order valence-corrected chi connectivity index (χ0v) is 6.73. The second-order valence-corrected chi connectivity index (χ2v) is 4.40. The molecule has 0 amide bonds. The van der Waals surface area contributed by atoms with Crippen molar-refractivity contribution in [3.8, 4) is 0 Å². The Hall–Kier alpha value is 0.150. The molecular weight excluding hydrogens is 180 g/mol.